The molecule has 0 saturated carbocycles. The second-order valence-corrected chi connectivity index (χ2v) is 3.75. The lowest BCUT2D eigenvalue weighted by Gasteiger charge is -2.06. The highest BCUT2D eigenvalue weighted by molar-refractivity contribution is 7.80. The van der Waals surface area contributed by atoms with E-state index in [9.17, 15) is 0 Å². The van der Waals surface area contributed by atoms with E-state index in [1.807, 2.05) is 44.2 Å². The lowest BCUT2D eigenvalue weighted by molar-refractivity contribution is 0.866. The summed E-state index contributed by atoms with van der Waals surface area (Å²) in [6.45, 7) is 4.53. The van der Waals surface area contributed by atoms with E-state index in [1.165, 1.54) is 5.56 Å². The quantitative estimate of drug-likeness (QED) is 0.466. The van der Waals surface area contributed by atoms with Crippen molar-refractivity contribution in [1.82, 2.24) is 10.7 Å². The first-order valence-electron chi connectivity index (χ1n) is 4.77. The summed E-state index contributed by atoms with van der Waals surface area (Å²) in [6.07, 6.45) is 0. The number of nitrogens with one attached hydrogen (secondary N) is 2. The summed E-state index contributed by atoms with van der Waals surface area (Å²) in [4.78, 5) is 0. The van der Waals surface area contributed by atoms with Gasteiger partial charge in [-0.1, -0.05) is 30.3 Å². The molecule has 0 atom stereocenters. The van der Waals surface area contributed by atoms with E-state index in [-0.39, 0.29) is 0 Å². The van der Waals surface area contributed by atoms with Crippen LogP contribution in [0.25, 0.3) is 0 Å². The summed E-state index contributed by atoms with van der Waals surface area (Å²) in [6, 6.07) is 10.1. The zero-order valence-corrected chi connectivity index (χ0v) is 9.77. The van der Waals surface area contributed by atoms with Crippen LogP contribution < -0.4 is 10.7 Å². The van der Waals surface area contributed by atoms with E-state index in [0.717, 1.165) is 5.71 Å². The highest BCUT2D eigenvalue weighted by atomic mass is 32.1. The molecule has 0 heterocycles. The van der Waals surface area contributed by atoms with Crippen LogP contribution in [0.15, 0.2) is 35.4 Å². The third-order valence-corrected chi connectivity index (χ3v) is 1.91. The molecule has 0 spiro atoms. The first-order valence-corrected chi connectivity index (χ1v) is 5.18. The second-order valence-electron chi connectivity index (χ2n) is 3.34. The molecule has 0 fully saturated rings. The van der Waals surface area contributed by atoms with Gasteiger partial charge < -0.3 is 5.32 Å². The van der Waals surface area contributed by atoms with Crippen molar-refractivity contribution in [2.75, 3.05) is 0 Å². The van der Waals surface area contributed by atoms with Gasteiger partial charge in [-0.25, -0.2) is 0 Å². The molecule has 0 bridgehead atoms. The number of benzene rings is 1. The molecule has 0 aliphatic rings. The normalized spacial score (nSPS) is 9.20. The summed E-state index contributed by atoms with van der Waals surface area (Å²) in [5.74, 6) is 0. The average molecular weight is 221 g/mol. The van der Waals surface area contributed by atoms with E-state index in [1.54, 1.807) is 0 Å². The zero-order chi connectivity index (χ0) is 11.1. The largest absolute Gasteiger partial charge is 0.357 e. The van der Waals surface area contributed by atoms with Crippen molar-refractivity contribution in [3.05, 3.63) is 35.9 Å². The van der Waals surface area contributed by atoms with Gasteiger partial charge >= 0.3 is 0 Å². The van der Waals surface area contributed by atoms with Gasteiger partial charge in [0.25, 0.3) is 0 Å². The molecule has 0 saturated heterocycles. The maximum atomic E-state index is 5.04. The molecular formula is C11H15N3S. The van der Waals surface area contributed by atoms with Crippen LogP contribution in [-0.2, 0) is 6.54 Å². The molecule has 0 aliphatic carbocycles. The van der Waals surface area contributed by atoms with Gasteiger partial charge in [-0.05, 0) is 31.6 Å². The Morgan fingerprint density at radius 3 is 2.53 bits per heavy atom. The number of rotatable bonds is 3. The highest BCUT2D eigenvalue weighted by Crippen LogP contribution is 1.96. The Labute approximate surface area is 95.6 Å². The predicted molar refractivity (Wildman–Crippen MR) is 67.8 cm³/mol. The Hall–Kier alpha value is -1.42. The van der Waals surface area contributed by atoms with Gasteiger partial charge in [0.1, 0.15) is 0 Å². The zero-order valence-electron chi connectivity index (χ0n) is 8.95. The lowest BCUT2D eigenvalue weighted by Crippen LogP contribution is -2.31. The lowest BCUT2D eigenvalue weighted by atomic mass is 10.2. The third kappa shape index (κ3) is 5.12. The predicted octanol–water partition coefficient (Wildman–Crippen LogP) is 2.05. The van der Waals surface area contributed by atoms with Crippen molar-refractivity contribution in [2.24, 2.45) is 5.10 Å². The molecule has 80 valence electrons. The maximum absolute atomic E-state index is 5.04. The fraction of sp³-hybridized carbons (Fsp3) is 0.273. The number of thiocarbonyl (C=S) groups is 1. The highest BCUT2D eigenvalue weighted by Gasteiger charge is 1.93. The molecule has 0 radical (unpaired) electrons. The number of hydrazone groups is 1. The van der Waals surface area contributed by atoms with Crippen LogP contribution in [0.5, 0.6) is 0 Å². The van der Waals surface area contributed by atoms with E-state index < -0.39 is 0 Å². The maximum Gasteiger partial charge on any atom is 0.187 e. The fourth-order valence-electron chi connectivity index (χ4n) is 0.980. The minimum Gasteiger partial charge on any atom is -0.357 e. The van der Waals surface area contributed by atoms with E-state index in [0.29, 0.717) is 11.7 Å². The third-order valence-electron chi connectivity index (χ3n) is 1.68. The molecule has 2 N–H and O–H groups in total. The molecule has 1 aromatic carbocycles. The minimum absolute atomic E-state index is 0.542. The van der Waals surface area contributed by atoms with Crippen LogP contribution in [0.2, 0.25) is 0 Å². The Morgan fingerprint density at radius 2 is 1.93 bits per heavy atom. The van der Waals surface area contributed by atoms with Crippen LogP contribution in [-0.4, -0.2) is 10.8 Å². The molecule has 0 aliphatic heterocycles. The molecule has 0 amide bonds. The monoisotopic (exact) mass is 221 g/mol. The van der Waals surface area contributed by atoms with Crippen LogP contribution in [0, 0.1) is 0 Å². The number of nitrogens with zero attached hydrogens (tertiary/aromatic N) is 1. The van der Waals surface area contributed by atoms with Gasteiger partial charge in [-0.2, -0.15) is 5.10 Å². The van der Waals surface area contributed by atoms with Crippen molar-refractivity contribution in [3.63, 3.8) is 0 Å². The van der Waals surface area contributed by atoms with Gasteiger partial charge in [-0.3, -0.25) is 5.43 Å². The van der Waals surface area contributed by atoms with Gasteiger partial charge in [0.15, 0.2) is 5.11 Å². The van der Waals surface area contributed by atoms with Crippen molar-refractivity contribution < 1.29 is 0 Å². The standard InChI is InChI=1S/C11H15N3S/c1-9(2)13-14-11(15)12-8-10-6-4-3-5-7-10/h3-7H,8H2,1-2H3,(H2,12,14,15). The van der Waals surface area contributed by atoms with Crippen LogP contribution in [0.1, 0.15) is 19.4 Å². The van der Waals surface area contributed by atoms with Crippen LogP contribution in [0.4, 0.5) is 0 Å². The summed E-state index contributed by atoms with van der Waals surface area (Å²) in [5, 5.41) is 7.61. The molecule has 4 heteroatoms. The Kier molecular flexibility index (Phi) is 4.77. The summed E-state index contributed by atoms with van der Waals surface area (Å²) in [7, 11) is 0. The first kappa shape index (κ1) is 11.7. The number of hydrogen-bond acceptors (Lipinski definition) is 2. The SMILES string of the molecule is CC(C)=NNC(=S)NCc1ccccc1. The van der Waals surface area contributed by atoms with E-state index in [4.69, 9.17) is 12.2 Å². The molecule has 1 aromatic rings. The van der Waals surface area contributed by atoms with Crippen molar-refractivity contribution in [3.8, 4) is 0 Å². The minimum atomic E-state index is 0.542. The average Bonchev–Trinajstić information content (AvgIpc) is 2.25. The van der Waals surface area contributed by atoms with Crippen molar-refractivity contribution in [2.45, 2.75) is 20.4 Å². The Balaban J connectivity index is 2.32. The Morgan fingerprint density at radius 1 is 1.27 bits per heavy atom. The molecule has 15 heavy (non-hydrogen) atoms. The van der Waals surface area contributed by atoms with Gasteiger partial charge in [-0.15, -0.1) is 0 Å². The van der Waals surface area contributed by atoms with Crippen molar-refractivity contribution in [1.29, 1.82) is 0 Å². The van der Waals surface area contributed by atoms with E-state index >= 15 is 0 Å². The Bertz CT molecular complexity index is 342. The molecule has 0 aromatic heterocycles. The van der Waals surface area contributed by atoms with Crippen LogP contribution in [0.3, 0.4) is 0 Å². The second kappa shape index (κ2) is 6.14. The topological polar surface area (TPSA) is 36.4 Å². The molecular weight excluding hydrogens is 206 g/mol. The molecule has 1 rings (SSSR count). The van der Waals surface area contributed by atoms with Crippen molar-refractivity contribution >= 4 is 23.0 Å². The number of hydrogen-bond donors (Lipinski definition) is 2. The first-order chi connectivity index (χ1) is 7.18. The molecule has 0 unspecified atom stereocenters. The summed E-state index contributed by atoms with van der Waals surface area (Å²) in [5.41, 5.74) is 4.90. The summed E-state index contributed by atoms with van der Waals surface area (Å²) >= 11 is 5.04. The van der Waals surface area contributed by atoms with Gasteiger partial charge in [0.05, 0.1) is 0 Å². The smallest absolute Gasteiger partial charge is 0.187 e. The molecule has 3 nitrogen and oxygen atoms in total. The van der Waals surface area contributed by atoms with E-state index in [2.05, 4.69) is 15.8 Å². The van der Waals surface area contributed by atoms with Crippen LogP contribution >= 0.6 is 12.2 Å². The van der Waals surface area contributed by atoms with Gasteiger partial charge in [0, 0.05) is 12.3 Å². The summed E-state index contributed by atoms with van der Waals surface area (Å²) < 4.78 is 0. The van der Waals surface area contributed by atoms with Gasteiger partial charge in [0.2, 0.25) is 0 Å². The fourth-order valence-corrected chi connectivity index (χ4v) is 1.10.